The molecule has 20 nitrogen and oxygen atoms in total. The number of carbonyl (C=O) groups excluding carboxylic acids is 3. The summed E-state index contributed by atoms with van der Waals surface area (Å²) in [6.45, 7) is 2.28. The van der Waals surface area contributed by atoms with E-state index in [4.69, 9.17) is 46.4 Å². The van der Waals surface area contributed by atoms with Gasteiger partial charge < -0.3 is 29.8 Å². The molecule has 81 heavy (non-hydrogen) atoms. The Morgan fingerprint density at radius 2 is 1.15 bits per heavy atom. The van der Waals surface area contributed by atoms with Crippen LogP contribution in [0.4, 0.5) is 10.6 Å². The molecule has 4 N–H and O–H groups in total. The number of amides is 3. The number of fused-ring (bicyclic) bond motifs is 2. The molecule has 0 atom stereocenters. The van der Waals surface area contributed by atoms with E-state index in [0.717, 1.165) is 53.5 Å². The largest absolute Gasteiger partial charge is 0.447 e. The van der Waals surface area contributed by atoms with Crippen LogP contribution in [0.1, 0.15) is 63.5 Å². The van der Waals surface area contributed by atoms with Crippen LogP contribution in [0.25, 0.3) is 21.8 Å². The summed E-state index contributed by atoms with van der Waals surface area (Å²) in [5.74, 6) is -0.601. The minimum absolute atomic E-state index is 0. The Kier molecular flexibility index (Phi) is 19.5. The maximum absolute atomic E-state index is 13.6. The fourth-order valence-electron chi connectivity index (χ4n) is 9.99. The molecule has 0 bridgehead atoms. The van der Waals surface area contributed by atoms with E-state index in [-0.39, 0.29) is 76.2 Å². The van der Waals surface area contributed by atoms with Gasteiger partial charge in [-0.1, -0.05) is 107 Å². The molecule has 4 aromatic heterocycles. The molecule has 0 spiro atoms. The smallest absolute Gasteiger partial charge is 0.423 e. The number of cyclic esters (lactones) is 1. The van der Waals surface area contributed by atoms with Crippen molar-refractivity contribution in [3.63, 3.8) is 0 Å². The molecule has 11 rings (SSSR count). The summed E-state index contributed by atoms with van der Waals surface area (Å²) in [5, 5.41) is 13.2. The molecule has 3 aliphatic heterocycles. The second-order valence-corrected chi connectivity index (χ2v) is 24.2. The van der Waals surface area contributed by atoms with Crippen molar-refractivity contribution < 1.29 is 57.0 Å². The number of sulfonamides is 1. The number of aryl methyl sites for hydroxylation is 2. The first-order valence-corrected chi connectivity index (χ1v) is 29.7. The number of rotatable bonds is 12. The third-order valence-electron chi connectivity index (χ3n) is 14.2. The predicted molar refractivity (Wildman–Crippen MR) is 307 cm³/mol. The van der Waals surface area contributed by atoms with Crippen molar-refractivity contribution in [2.45, 2.75) is 42.5 Å². The number of ether oxygens (including phenoxy) is 1. The molecule has 0 saturated carbocycles. The maximum Gasteiger partial charge on any atom is 0.423 e. The number of piperidine rings is 2. The summed E-state index contributed by atoms with van der Waals surface area (Å²) in [5.41, 5.74) is 3.86. The molecule has 3 amide bonds. The standard InChI is InChI=1S/C25H24Cl2N6O3S.C21H21Cl2N3O.C8H9N3O4S.W/c1-32-20-8-7-19(26)23(27)18(20)15-21(32)24(34)30-25(17-5-3-2-4-6-17)9-13-33(14-10-25)37(35,36)31-22-16-28-11-12-29-22;1-26-17-8-7-16(22)19(23)15(17)13-18(26)20(27)25-21(9-11-24-12-10-21)14-5-3-2-4-6-14;12-8-11(3-4-15-8)16(13,14)6-7-5-9-1-2-10-7;/h2-8,11-12,15-16H,9-10,13-14H2,1H3,(H,29,31)(H,30,34);2-8,13,24H,9-12H2,1H3,(H,25,27);1-2,5H,3-4,6H2;. The zero-order valence-electron chi connectivity index (χ0n) is 43.6. The molecule has 3 aliphatic rings. The average molecular weight is 1390 g/mol. The number of hydrogen-bond donors (Lipinski definition) is 4. The van der Waals surface area contributed by atoms with E-state index < -0.39 is 31.9 Å². The van der Waals surface area contributed by atoms with Crippen LogP contribution in [0.15, 0.2) is 134 Å². The number of benzene rings is 4. The zero-order valence-corrected chi connectivity index (χ0v) is 51.2. The number of anilines is 1. The van der Waals surface area contributed by atoms with Crippen molar-refractivity contribution in [2.75, 3.05) is 44.1 Å². The van der Waals surface area contributed by atoms with E-state index in [1.165, 1.54) is 41.5 Å². The van der Waals surface area contributed by atoms with Gasteiger partial charge in [-0.15, -0.1) is 0 Å². The van der Waals surface area contributed by atoms with Gasteiger partial charge in [0, 0.05) is 101 Å². The summed E-state index contributed by atoms with van der Waals surface area (Å²) in [6.07, 6.45) is 10.0. The van der Waals surface area contributed by atoms with Crippen LogP contribution >= 0.6 is 46.4 Å². The molecule has 3 fully saturated rings. The first kappa shape index (κ1) is 60.9. The van der Waals surface area contributed by atoms with Crippen molar-refractivity contribution in [3.8, 4) is 0 Å². The number of nitrogens with one attached hydrogen (secondary N) is 4. The number of aromatic nitrogens is 6. The van der Waals surface area contributed by atoms with E-state index >= 15 is 0 Å². The summed E-state index contributed by atoms with van der Waals surface area (Å²) in [6, 6.07) is 30.5. The first-order valence-electron chi connectivity index (χ1n) is 25.1. The van der Waals surface area contributed by atoms with Crippen LogP contribution in [0.5, 0.6) is 0 Å². The molecular formula is C54H54Cl4N12O8S2W. The topological polar surface area (TPSA) is 245 Å². The zero-order chi connectivity index (χ0) is 56.8. The Morgan fingerprint density at radius 1 is 0.654 bits per heavy atom. The Morgan fingerprint density at radius 3 is 1.60 bits per heavy atom. The summed E-state index contributed by atoms with van der Waals surface area (Å²) < 4.78 is 62.2. The minimum Gasteiger partial charge on any atom is -0.447 e. The Hall–Kier alpha value is -6.20. The molecule has 0 aliphatic carbocycles. The second-order valence-electron chi connectivity index (χ2n) is 19.1. The van der Waals surface area contributed by atoms with E-state index in [1.807, 2.05) is 78.3 Å². The van der Waals surface area contributed by atoms with Gasteiger partial charge in [-0.05, 0) is 86.3 Å². The van der Waals surface area contributed by atoms with Crippen LogP contribution in [-0.2, 0) is 77.0 Å². The molecule has 8 aromatic rings. The van der Waals surface area contributed by atoms with Gasteiger partial charge in [-0.3, -0.25) is 29.3 Å². The van der Waals surface area contributed by atoms with Gasteiger partial charge in [0.05, 0.1) is 49.6 Å². The van der Waals surface area contributed by atoms with Crippen LogP contribution in [0.3, 0.4) is 0 Å². The van der Waals surface area contributed by atoms with Crippen LogP contribution in [0.2, 0.25) is 20.1 Å². The normalized spacial score (nSPS) is 16.0. The van der Waals surface area contributed by atoms with Crippen molar-refractivity contribution in [2.24, 2.45) is 14.1 Å². The SMILES string of the molecule is Cn1c(C(=O)NC2(c3ccccc3)CCN(S(=O)(=O)Nc3cnccn3)CC2)cc2c(Cl)c(Cl)ccc21.Cn1c(C(=O)NC2(c3ccccc3)CCNCC2)cc2c(Cl)c(Cl)ccc21.O=C1OCCN1S(=O)(=O)Cc1cnccn1.[W]. The summed E-state index contributed by atoms with van der Waals surface area (Å²) in [7, 11) is -3.88. The minimum atomic E-state index is -3.85. The van der Waals surface area contributed by atoms with E-state index in [9.17, 15) is 31.2 Å². The molecule has 0 unspecified atom stereocenters. The number of nitrogens with zero attached hydrogens (tertiary/aromatic N) is 8. The van der Waals surface area contributed by atoms with Crippen LogP contribution in [0, 0.1) is 0 Å². The number of hydrogen-bond acceptors (Lipinski definition) is 13. The summed E-state index contributed by atoms with van der Waals surface area (Å²) in [4.78, 5) is 53.5. The summed E-state index contributed by atoms with van der Waals surface area (Å²) >= 11 is 25.1. The van der Waals surface area contributed by atoms with Gasteiger partial charge >= 0.3 is 16.3 Å². The quantitative estimate of drug-likeness (QED) is 0.0896. The van der Waals surface area contributed by atoms with E-state index in [0.29, 0.717) is 59.7 Å². The fourth-order valence-corrected chi connectivity index (χ4v) is 13.2. The molecule has 0 radical (unpaired) electrons. The Bertz CT molecular complexity index is 3780. The molecule has 424 valence electrons. The van der Waals surface area contributed by atoms with Gasteiger partial charge in [-0.25, -0.2) is 22.5 Å². The van der Waals surface area contributed by atoms with E-state index in [1.54, 1.807) is 29.8 Å². The molecule has 4 aromatic carbocycles. The van der Waals surface area contributed by atoms with Gasteiger partial charge in [0.1, 0.15) is 23.7 Å². The van der Waals surface area contributed by atoms with Gasteiger partial charge in [-0.2, -0.15) is 12.7 Å². The fraction of sp³-hybridized carbons (Fsp3) is 0.278. The molecule has 3 saturated heterocycles. The monoisotopic (exact) mass is 1390 g/mol. The second kappa shape index (κ2) is 25.9. The van der Waals surface area contributed by atoms with Crippen molar-refractivity contribution in [3.05, 3.63) is 183 Å². The number of halogens is 4. The van der Waals surface area contributed by atoms with E-state index in [2.05, 4.69) is 57.5 Å². The Labute approximate surface area is 502 Å². The third-order valence-corrected chi connectivity index (χ3v) is 19.0. The average Bonchev–Trinajstić information content (AvgIpc) is 4.36. The first-order chi connectivity index (χ1) is 38.3. The van der Waals surface area contributed by atoms with Crippen molar-refractivity contribution in [1.82, 2.24) is 53.6 Å². The molecule has 27 heteroatoms. The predicted octanol–water partition coefficient (Wildman–Crippen LogP) is 8.60. The van der Waals surface area contributed by atoms with Crippen molar-refractivity contribution >= 4 is 112 Å². The van der Waals surface area contributed by atoms with Gasteiger partial charge in [0.15, 0.2) is 5.82 Å². The number of carbonyl (C=O) groups is 3. The third kappa shape index (κ3) is 13.5. The van der Waals surface area contributed by atoms with Gasteiger partial charge in [0.2, 0.25) is 10.0 Å². The molecular weight excluding hydrogens is 1330 g/mol. The Balaban J connectivity index is 0.000000171. The maximum atomic E-state index is 13.6. The van der Waals surface area contributed by atoms with Gasteiger partial charge in [0.25, 0.3) is 11.8 Å². The van der Waals surface area contributed by atoms with Crippen molar-refractivity contribution in [1.29, 1.82) is 0 Å². The van der Waals surface area contributed by atoms with Crippen LogP contribution in [-0.4, -0.2) is 112 Å². The molecule has 7 heterocycles. The van der Waals surface area contributed by atoms with Crippen LogP contribution < -0.4 is 20.7 Å².